The molecule has 3 nitrogen and oxygen atoms in total. The molecule has 3 rings (SSSR count). The van der Waals surface area contributed by atoms with E-state index < -0.39 is 0 Å². The molecular formula is C15H16IN3S. The van der Waals surface area contributed by atoms with E-state index in [4.69, 9.17) is 0 Å². The summed E-state index contributed by atoms with van der Waals surface area (Å²) >= 11 is 4.18. The molecule has 0 spiro atoms. The Morgan fingerprint density at radius 1 is 1.35 bits per heavy atom. The summed E-state index contributed by atoms with van der Waals surface area (Å²) in [7, 11) is 0. The summed E-state index contributed by atoms with van der Waals surface area (Å²) in [5.41, 5.74) is 1.39. The highest BCUT2D eigenvalue weighted by Gasteiger charge is 2.12. The molecule has 104 valence electrons. The van der Waals surface area contributed by atoms with Crippen molar-refractivity contribution < 1.29 is 0 Å². The van der Waals surface area contributed by atoms with Gasteiger partial charge in [0.05, 0.1) is 16.3 Å². The van der Waals surface area contributed by atoms with Crippen molar-refractivity contribution in [2.24, 2.45) is 0 Å². The number of nitrogens with one attached hydrogen (secondary N) is 1. The van der Waals surface area contributed by atoms with Crippen LogP contribution in [0.15, 0.2) is 36.7 Å². The van der Waals surface area contributed by atoms with Gasteiger partial charge in [-0.05, 0) is 46.2 Å². The van der Waals surface area contributed by atoms with Crippen molar-refractivity contribution in [1.29, 1.82) is 0 Å². The predicted octanol–water partition coefficient (Wildman–Crippen LogP) is 3.86. The van der Waals surface area contributed by atoms with E-state index in [1.807, 2.05) is 22.2 Å². The zero-order chi connectivity index (χ0) is 13.9. The Labute approximate surface area is 136 Å². The number of fused-ring (bicyclic) bond motifs is 1. The number of halogens is 1. The molecule has 0 radical (unpaired) electrons. The van der Waals surface area contributed by atoms with Crippen molar-refractivity contribution in [2.45, 2.75) is 20.0 Å². The van der Waals surface area contributed by atoms with E-state index >= 15 is 0 Å². The summed E-state index contributed by atoms with van der Waals surface area (Å²) in [6, 6.07) is 8.63. The number of rotatable bonds is 5. The van der Waals surface area contributed by atoms with Crippen LogP contribution in [0.1, 0.15) is 17.4 Å². The Hall–Kier alpha value is -0.920. The fraction of sp³-hybridized carbons (Fsp3) is 0.267. The number of nitrogens with zero attached hydrogens (tertiary/aromatic N) is 2. The fourth-order valence-corrected chi connectivity index (χ4v) is 3.92. The van der Waals surface area contributed by atoms with Crippen LogP contribution in [0.2, 0.25) is 0 Å². The average Bonchev–Trinajstić information content (AvgIpc) is 3.02. The van der Waals surface area contributed by atoms with Gasteiger partial charge in [-0.3, -0.25) is 4.68 Å². The van der Waals surface area contributed by atoms with E-state index in [0.29, 0.717) is 0 Å². The first kappa shape index (κ1) is 14.0. The third-order valence-corrected chi connectivity index (χ3v) is 5.01. The Bertz CT molecular complexity index is 717. The maximum atomic E-state index is 4.41. The smallest absolute Gasteiger partial charge is 0.0677 e. The maximum Gasteiger partial charge on any atom is 0.0677 e. The summed E-state index contributed by atoms with van der Waals surface area (Å²) in [5.74, 6) is 0. The third-order valence-electron chi connectivity index (χ3n) is 3.24. The molecule has 1 aromatic carbocycles. The number of hydrogen-bond acceptors (Lipinski definition) is 3. The summed E-state index contributed by atoms with van der Waals surface area (Å²) in [5, 5.41) is 9.21. The molecule has 0 aliphatic heterocycles. The molecule has 3 aromatic rings. The molecule has 1 N–H and O–H groups in total. The first-order valence-electron chi connectivity index (χ1n) is 6.66. The highest BCUT2D eigenvalue weighted by molar-refractivity contribution is 14.1. The van der Waals surface area contributed by atoms with Crippen LogP contribution in [0.3, 0.4) is 0 Å². The molecule has 0 saturated carbocycles. The van der Waals surface area contributed by atoms with Crippen LogP contribution in [0.5, 0.6) is 0 Å². The third kappa shape index (κ3) is 2.89. The van der Waals surface area contributed by atoms with Crippen LogP contribution < -0.4 is 5.32 Å². The summed E-state index contributed by atoms with van der Waals surface area (Å²) in [6.07, 6.45) is 3.99. The summed E-state index contributed by atoms with van der Waals surface area (Å²) in [6.45, 7) is 4.91. The van der Waals surface area contributed by atoms with Crippen molar-refractivity contribution in [1.82, 2.24) is 15.1 Å². The molecule has 5 heteroatoms. The molecule has 2 heterocycles. The average molecular weight is 397 g/mol. The van der Waals surface area contributed by atoms with Gasteiger partial charge in [0.2, 0.25) is 0 Å². The van der Waals surface area contributed by atoms with E-state index in [2.05, 4.69) is 70.4 Å². The zero-order valence-corrected chi connectivity index (χ0v) is 14.2. The van der Waals surface area contributed by atoms with Crippen molar-refractivity contribution in [3.8, 4) is 0 Å². The lowest BCUT2D eigenvalue weighted by atomic mass is 10.1. The predicted molar refractivity (Wildman–Crippen MR) is 93.3 cm³/mol. The molecule has 20 heavy (non-hydrogen) atoms. The Morgan fingerprint density at radius 2 is 2.20 bits per heavy atom. The summed E-state index contributed by atoms with van der Waals surface area (Å²) in [4.78, 5) is 1.42. The van der Waals surface area contributed by atoms with Gasteiger partial charge in [0.1, 0.15) is 0 Å². The first-order chi connectivity index (χ1) is 9.78. The molecule has 0 fully saturated rings. The molecule has 0 aliphatic rings. The van der Waals surface area contributed by atoms with Gasteiger partial charge < -0.3 is 5.32 Å². The zero-order valence-electron chi connectivity index (χ0n) is 11.3. The van der Waals surface area contributed by atoms with E-state index in [-0.39, 0.29) is 0 Å². The molecule has 0 bridgehead atoms. The molecule has 0 aliphatic carbocycles. The lowest BCUT2D eigenvalue weighted by Crippen LogP contribution is -2.12. The normalized spacial score (nSPS) is 11.3. The van der Waals surface area contributed by atoms with Crippen LogP contribution >= 0.6 is 33.9 Å². The van der Waals surface area contributed by atoms with Gasteiger partial charge in [0.25, 0.3) is 0 Å². The lowest BCUT2D eigenvalue weighted by Gasteiger charge is -2.06. The number of benzene rings is 1. The number of thiophene rings is 1. The lowest BCUT2D eigenvalue weighted by molar-refractivity contribution is 0.675. The van der Waals surface area contributed by atoms with E-state index in [1.54, 1.807) is 0 Å². The maximum absolute atomic E-state index is 4.41. The summed E-state index contributed by atoms with van der Waals surface area (Å²) < 4.78 is 4.55. The van der Waals surface area contributed by atoms with Crippen LogP contribution in [0.4, 0.5) is 0 Å². The second-order valence-corrected chi connectivity index (χ2v) is 7.02. The fourth-order valence-electron chi connectivity index (χ4n) is 2.29. The molecule has 2 aromatic heterocycles. The molecule has 0 saturated heterocycles. The minimum atomic E-state index is 0.841. The number of hydrogen-bond donors (Lipinski definition) is 1. The minimum Gasteiger partial charge on any atom is -0.312 e. The van der Waals surface area contributed by atoms with Crippen LogP contribution in [0.25, 0.3) is 10.1 Å². The Kier molecular flexibility index (Phi) is 4.38. The van der Waals surface area contributed by atoms with E-state index in [0.717, 1.165) is 19.6 Å². The Morgan fingerprint density at radius 3 is 2.95 bits per heavy atom. The number of aromatic nitrogens is 2. The largest absolute Gasteiger partial charge is 0.312 e. The van der Waals surface area contributed by atoms with Gasteiger partial charge in [-0.1, -0.05) is 25.1 Å². The van der Waals surface area contributed by atoms with Gasteiger partial charge in [-0.2, -0.15) is 5.10 Å². The SMILES string of the molecule is CCNCc1sc2ccccc2c1Cn1cc(I)cn1. The van der Waals surface area contributed by atoms with Gasteiger partial charge in [0.15, 0.2) is 0 Å². The Balaban J connectivity index is 2.01. The quantitative estimate of drug-likeness (QED) is 0.663. The van der Waals surface area contributed by atoms with Crippen LogP contribution in [0, 0.1) is 3.57 Å². The first-order valence-corrected chi connectivity index (χ1v) is 8.55. The van der Waals surface area contributed by atoms with Crippen molar-refractivity contribution in [3.63, 3.8) is 0 Å². The van der Waals surface area contributed by atoms with E-state index in [9.17, 15) is 0 Å². The molecule has 0 unspecified atom stereocenters. The highest BCUT2D eigenvalue weighted by atomic mass is 127. The van der Waals surface area contributed by atoms with Gasteiger partial charge in [0, 0.05) is 22.3 Å². The molecular weight excluding hydrogens is 381 g/mol. The topological polar surface area (TPSA) is 29.9 Å². The van der Waals surface area contributed by atoms with Gasteiger partial charge in [-0.25, -0.2) is 0 Å². The van der Waals surface area contributed by atoms with Crippen LogP contribution in [-0.2, 0) is 13.1 Å². The van der Waals surface area contributed by atoms with Crippen molar-refractivity contribution >= 4 is 44.0 Å². The van der Waals surface area contributed by atoms with Crippen molar-refractivity contribution in [2.75, 3.05) is 6.54 Å². The van der Waals surface area contributed by atoms with Gasteiger partial charge >= 0.3 is 0 Å². The van der Waals surface area contributed by atoms with Crippen LogP contribution in [-0.4, -0.2) is 16.3 Å². The van der Waals surface area contributed by atoms with Gasteiger partial charge in [-0.15, -0.1) is 11.3 Å². The second kappa shape index (κ2) is 6.24. The molecule has 0 amide bonds. The van der Waals surface area contributed by atoms with E-state index in [1.165, 1.54) is 24.1 Å². The monoisotopic (exact) mass is 397 g/mol. The highest BCUT2D eigenvalue weighted by Crippen LogP contribution is 2.31. The van der Waals surface area contributed by atoms with Crippen molar-refractivity contribution in [3.05, 3.63) is 50.7 Å². The standard InChI is InChI=1S/C15H16IN3S/c1-2-17-8-15-13(10-19-9-11(16)7-18-19)12-5-3-4-6-14(12)20-15/h3-7,9,17H,2,8,10H2,1H3. The molecule has 0 atom stereocenters. The minimum absolute atomic E-state index is 0.841. The second-order valence-electron chi connectivity index (χ2n) is 4.64.